The van der Waals surface area contributed by atoms with Gasteiger partial charge in [0.15, 0.2) is 0 Å². The largest absolute Gasteiger partial charge is 0.378 e. The van der Waals surface area contributed by atoms with Crippen LogP contribution in [-0.2, 0) is 9.53 Å². The number of nitrogens with two attached hydrogens (primary N) is 1. The van der Waals surface area contributed by atoms with Gasteiger partial charge in [-0.05, 0) is 26.7 Å². The summed E-state index contributed by atoms with van der Waals surface area (Å²) in [5.41, 5.74) is 5.24. The van der Waals surface area contributed by atoms with Crippen LogP contribution in [0.3, 0.4) is 0 Å². The molecule has 1 rings (SSSR count). The van der Waals surface area contributed by atoms with Crippen LogP contribution in [0.2, 0.25) is 0 Å². The molecule has 0 aromatic heterocycles. The van der Waals surface area contributed by atoms with Gasteiger partial charge in [0.05, 0.1) is 12.0 Å². The van der Waals surface area contributed by atoms with E-state index in [0.717, 1.165) is 12.8 Å². The van der Waals surface area contributed by atoms with E-state index in [0.29, 0.717) is 6.42 Å². The number of carbonyl (C=O) groups excluding carboxylic acids is 1. The first-order valence-corrected chi connectivity index (χ1v) is 5.03. The lowest BCUT2D eigenvalue weighted by Gasteiger charge is -2.34. The van der Waals surface area contributed by atoms with Crippen LogP contribution in [0.5, 0.6) is 0 Å². The van der Waals surface area contributed by atoms with Gasteiger partial charge in [0.25, 0.3) is 0 Å². The summed E-state index contributed by atoms with van der Waals surface area (Å²) >= 11 is 0. The number of nitrogens with one attached hydrogen (secondary N) is 1. The first-order chi connectivity index (χ1) is 6.43. The zero-order valence-corrected chi connectivity index (χ0v) is 9.17. The van der Waals surface area contributed by atoms with Gasteiger partial charge in [0, 0.05) is 19.2 Å². The van der Waals surface area contributed by atoms with Crippen LogP contribution in [0.25, 0.3) is 0 Å². The van der Waals surface area contributed by atoms with E-state index >= 15 is 0 Å². The molecule has 14 heavy (non-hydrogen) atoms. The topological polar surface area (TPSA) is 64.3 Å². The summed E-state index contributed by atoms with van der Waals surface area (Å²) in [6, 6.07) is 0.556. The molecule has 0 aliphatic heterocycles. The molecule has 0 bridgehead atoms. The van der Waals surface area contributed by atoms with Crippen molar-refractivity contribution in [2.75, 3.05) is 7.11 Å². The Balaban J connectivity index is 2.22. The molecular weight excluding hydrogens is 180 g/mol. The Morgan fingerprint density at radius 1 is 1.57 bits per heavy atom. The maximum atomic E-state index is 11.5. The van der Waals surface area contributed by atoms with E-state index in [1.165, 1.54) is 0 Å². The average Bonchev–Trinajstić information content (AvgIpc) is 2.00. The van der Waals surface area contributed by atoms with E-state index < -0.39 is 0 Å². The SMILES string of the molecule is COC(C)(C)CC(=O)NC1CC(N)C1. The average molecular weight is 200 g/mol. The van der Waals surface area contributed by atoms with Crippen molar-refractivity contribution in [3.8, 4) is 0 Å². The van der Waals surface area contributed by atoms with Crippen molar-refractivity contribution in [1.82, 2.24) is 5.32 Å². The Morgan fingerprint density at radius 3 is 2.57 bits per heavy atom. The van der Waals surface area contributed by atoms with Crippen molar-refractivity contribution in [3.63, 3.8) is 0 Å². The molecule has 0 atom stereocenters. The highest BCUT2D eigenvalue weighted by Gasteiger charge is 2.29. The van der Waals surface area contributed by atoms with Gasteiger partial charge in [0.1, 0.15) is 0 Å². The van der Waals surface area contributed by atoms with Crippen molar-refractivity contribution in [2.45, 2.75) is 50.8 Å². The third-order valence-electron chi connectivity index (χ3n) is 2.68. The highest BCUT2D eigenvalue weighted by molar-refractivity contribution is 5.77. The van der Waals surface area contributed by atoms with Gasteiger partial charge in [-0.2, -0.15) is 0 Å². The molecule has 4 heteroatoms. The molecule has 3 N–H and O–H groups in total. The number of hydrogen-bond donors (Lipinski definition) is 2. The van der Waals surface area contributed by atoms with Gasteiger partial charge >= 0.3 is 0 Å². The summed E-state index contributed by atoms with van der Waals surface area (Å²) < 4.78 is 5.18. The highest BCUT2D eigenvalue weighted by atomic mass is 16.5. The number of rotatable bonds is 4. The molecule has 0 spiro atoms. The minimum absolute atomic E-state index is 0.0498. The Kier molecular flexibility index (Phi) is 3.50. The normalized spacial score (nSPS) is 26.9. The molecule has 1 saturated carbocycles. The summed E-state index contributed by atoms with van der Waals surface area (Å²) in [7, 11) is 1.62. The van der Waals surface area contributed by atoms with Gasteiger partial charge in [-0.15, -0.1) is 0 Å². The maximum Gasteiger partial charge on any atom is 0.223 e. The van der Waals surface area contributed by atoms with Crippen LogP contribution in [0, 0.1) is 0 Å². The second kappa shape index (κ2) is 4.28. The number of methoxy groups -OCH3 is 1. The number of amides is 1. The van der Waals surface area contributed by atoms with Gasteiger partial charge < -0.3 is 15.8 Å². The van der Waals surface area contributed by atoms with Crippen molar-refractivity contribution < 1.29 is 9.53 Å². The molecule has 4 nitrogen and oxygen atoms in total. The second-order valence-electron chi connectivity index (χ2n) is 4.64. The van der Waals surface area contributed by atoms with Crippen molar-refractivity contribution in [2.24, 2.45) is 5.73 Å². The molecule has 1 aliphatic carbocycles. The summed E-state index contributed by atoms with van der Waals surface area (Å²) in [5, 5.41) is 2.94. The van der Waals surface area contributed by atoms with Crippen molar-refractivity contribution in [3.05, 3.63) is 0 Å². The van der Waals surface area contributed by atoms with Gasteiger partial charge in [-0.25, -0.2) is 0 Å². The van der Waals surface area contributed by atoms with Crippen LogP contribution in [0.4, 0.5) is 0 Å². The summed E-state index contributed by atoms with van der Waals surface area (Å²) in [5.74, 6) is 0.0498. The first-order valence-electron chi connectivity index (χ1n) is 5.03. The Morgan fingerprint density at radius 2 is 2.14 bits per heavy atom. The molecule has 0 saturated heterocycles. The van der Waals surface area contributed by atoms with E-state index in [9.17, 15) is 4.79 Å². The molecule has 0 aromatic carbocycles. The van der Waals surface area contributed by atoms with Gasteiger partial charge in [-0.1, -0.05) is 0 Å². The highest BCUT2D eigenvalue weighted by Crippen LogP contribution is 2.19. The minimum Gasteiger partial charge on any atom is -0.378 e. The zero-order valence-electron chi connectivity index (χ0n) is 9.17. The van der Waals surface area contributed by atoms with E-state index in [-0.39, 0.29) is 23.6 Å². The lowest BCUT2D eigenvalue weighted by atomic mass is 9.87. The third-order valence-corrected chi connectivity index (χ3v) is 2.68. The lowest BCUT2D eigenvalue weighted by molar-refractivity contribution is -0.127. The second-order valence-corrected chi connectivity index (χ2v) is 4.64. The standard InChI is InChI=1S/C10H20N2O2/c1-10(2,14-3)6-9(13)12-8-4-7(11)5-8/h7-8H,4-6,11H2,1-3H3,(H,12,13). The van der Waals surface area contributed by atoms with E-state index in [2.05, 4.69) is 5.32 Å². The number of ether oxygens (including phenoxy) is 1. The predicted molar refractivity (Wildman–Crippen MR) is 54.8 cm³/mol. The summed E-state index contributed by atoms with van der Waals surface area (Å²) in [4.78, 5) is 11.5. The maximum absolute atomic E-state index is 11.5. The molecule has 1 fully saturated rings. The van der Waals surface area contributed by atoms with Crippen LogP contribution in [-0.4, -0.2) is 30.7 Å². The molecule has 1 aliphatic rings. The number of carbonyl (C=O) groups is 1. The van der Waals surface area contributed by atoms with E-state index in [1.807, 2.05) is 13.8 Å². The number of hydrogen-bond acceptors (Lipinski definition) is 3. The summed E-state index contributed by atoms with van der Waals surface area (Å²) in [6.07, 6.45) is 2.20. The van der Waals surface area contributed by atoms with E-state index in [4.69, 9.17) is 10.5 Å². The molecule has 1 amide bonds. The fourth-order valence-corrected chi connectivity index (χ4v) is 1.52. The van der Waals surface area contributed by atoms with Gasteiger partial charge in [-0.3, -0.25) is 4.79 Å². The first kappa shape index (κ1) is 11.5. The van der Waals surface area contributed by atoms with E-state index in [1.54, 1.807) is 7.11 Å². The van der Waals surface area contributed by atoms with Crippen LogP contribution in [0.1, 0.15) is 33.1 Å². The molecule has 82 valence electrons. The Bertz CT molecular complexity index is 210. The Hall–Kier alpha value is -0.610. The lowest BCUT2D eigenvalue weighted by Crippen LogP contribution is -2.51. The fourth-order valence-electron chi connectivity index (χ4n) is 1.52. The molecule has 0 heterocycles. The summed E-state index contributed by atoms with van der Waals surface area (Å²) in [6.45, 7) is 3.80. The third kappa shape index (κ3) is 3.27. The smallest absolute Gasteiger partial charge is 0.223 e. The molecular formula is C10H20N2O2. The monoisotopic (exact) mass is 200 g/mol. The zero-order chi connectivity index (χ0) is 10.8. The van der Waals surface area contributed by atoms with Crippen molar-refractivity contribution in [1.29, 1.82) is 0 Å². The molecule has 0 unspecified atom stereocenters. The van der Waals surface area contributed by atoms with Crippen molar-refractivity contribution >= 4 is 5.91 Å². The van der Waals surface area contributed by atoms with Crippen LogP contribution in [0.15, 0.2) is 0 Å². The van der Waals surface area contributed by atoms with Crippen LogP contribution >= 0.6 is 0 Å². The fraction of sp³-hybridized carbons (Fsp3) is 0.900. The molecule has 0 radical (unpaired) electrons. The van der Waals surface area contributed by atoms with Gasteiger partial charge in [0.2, 0.25) is 5.91 Å². The predicted octanol–water partition coefficient (Wildman–Crippen LogP) is 0.407. The van der Waals surface area contributed by atoms with Crippen LogP contribution < -0.4 is 11.1 Å². The minimum atomic E-state index is -0.379. The Labute approximate surface area is 85.2 Å². The molecule has 0 aromatic rings. The quantitative estimate of drug-likeness (QED) is 0.690.